The number of para-hydroxylation sites is 1. The van der Waals surface area contributed by atoms with Gasteiger partial charge in [0.2, 0.25) is 0 Å². The van der Waals surface area contributed by atoms with Gasteiger partial charge in [-0.05, 0) is 32.9 Å². The van der Waals surface area contributed by atoms with Gasteiger partial charge in [-0.2, -0.15) is 0 Å². The summed E-state index contributed by atoms with van der Waals surface area (Å²) in [5.74, 6) is -1.03. The Kier molecular flexibility index (Phi) is 4.43. The fourth-order valence-electron chi connectivity index (χ4n) is 2.18. The Labute approximate surface area is 124 Å². The Morgan fingerprint density at radius 2 is 2.10 bits per heavy atom. The molecule has 0 spiro atoms. The molecule has 1 aromatic heterocycles. The van der Waals surface area contributed by atoms with Crippen LogP contribution in [0, 0.1) is 0 Å². The van der Waals surface area contributed by atoms with Crippen molar-refractivity contribution in [2.45, 2.75) is 26.4 Å². The van der Waals surface area contributed by atoms with Gasteiger partial charge in [-0.1, -0.05) is 18.2 Å². The van der Waals surface area contributed by atoms with Crippen molar-refractivity contribution in [1.29, 1.82) is 0 Å². The van der Waals surface area contributed by atoms with Crippen molar-refractivity contribution in [1.82, 2.24) is 4.98 Å². The molecule has 5 nitrogen and oxygen atoms in total. The van der Waals surface area contributed by atoms with Crippen LogP contribution in [-0.4, -0.2) is 34.8 Å². The molecule has 1 aromatic carbocycles. The fourth-order valence-corrected chi connectivity index (χ4v) is 2.18. The number of rotatable bonds is 6. The van der Waals surface area contributed by atoms with Crippen molar-refractivity contribution in [2.75, 3.05) is 18.5 Å². The number of anilines is 1. The summed E-state index contributed by atoms with van der Waals surface area (Å²) in [6.07, 6.45) is 0. The van der Waals surface area contributed by atoms with Crippen LogP contribution in [0.3, 0.4) is 0 Å². The Balaban J connectivity index is 2.35. The van der Waals surface area contributed by atoms with Crippen LogP contribution in [-0.2, 0) is 4.74 Å². The van der Waals surface area contributed by atoms with Crippen LogP contribution >= 0.6 is 0 Å². The summed E-state index contributed by atoms with van der Waals surface area (Å²) in [5, 5.41) is 13.3. The van der Waals surface area contributed by atoms with E-state index in [0.29, 0.717) is 18.7 Å². The average molecular weight is 288 g/mol. The van der Waals surface area contributed by atoms with Crippen molar-refractivity contribution < 1.29 is 14.6 Å². The zero-order chi connectivity index (χ0) is 15.5. The number of hydrogen-bond donors (Lipinski definition) is 2. The van der Waals surface area contributed by atoms with Crippen molar-refractivity contribution >= 4 is 22.6 Å². The van der Waals surface area contributed by atoms with E-state index in [1.165, 1.54) is 0 Å². The minimum atomic E-state index is -1.03. The van der Waals surface area contributed by atoms with Gasteiger partial charge in [0, 0.05) is 24.2 Å². The molecule has 2 rings (SSSR count). The number of aromatic carboxylic acids is 1. The maximum atomic E-state index is 11.2. The molecule has 0 aliphatic carbocycles. The second kappa shape index (κ2) is 6.10. The molecular weight excluding hydrogens is 268 g/mol. The number of pyridine rings is 1. The number of carboxylic acids is 1. The van der Waals surface area contributed by atoms with Crippen LogP contribution < -0.4 is 5.32 Å². The third-order valence-corrected chi connectivity index (χ3v) is 3.17. The predicted octanol–water partition coefficient (Wildman–Crippen LogP) is 3.16. The number of carboxylic acid groups (broad SMARTS) is 1. The van der Waals surface area contributed by atoms with Gasteiger partial charge in [0.1, 0.15) is 0 Å². The predicted molar refractivity (Wildman–Crippen MR) is 82.9 cm³/mol. The van der Waals surface area contributed by atoms with Crippen LogP contribution in [0.25, 0.3) is 10.9 Å². The van der Waals surface area contributed by atoms with Crippen molar-refractivity contribution in [3.63, 3.8) is 0 Å². The minimum Gasteiger partial charge on any atom is -0.477 e. The molecule has 0 radical (unpaired) electrons. The first kappa shape index (κ1) is 15.3. The lowest BCUT2D eigenvalue weighted by Crippen LogP contribution is -2.33. The average Bonchev–Trinajstić information content (AvgIpc) is 2.44. The van der Waals surface area contributed by atoms with E-state index in [4.69, 9.17) is 9.84 Å². The molecule has 5 heteroatoms. The molecule has 1 heterocycles. The third-order valence-electron chi connectivity index (χ3n) is 3.17. The Bertz CT molecular complexity index is 653. The summed E-state index contributed by atoms with van der Waals surface area (Å²) >= 11 is 0. The highest BCUT2D eigenvalue weighted by molar-refractivity contribution is 5.97. The maximum absolute atomic E-state index is 11.2. The van der Waals surface area contributed by atoms with Crippen LogP contribution in [0.15, 0.2) is 30.3 Å². The lowest BCUT2D eigenvalue weighted by Gasteiger charge is -2.26. The lowest BCUT2D eigenvalue weighted by molar-refractivity contribution is 0.000716. The number of fused-ring (bicyclic) bond motifs is 1. The molecule has 0 saturated heterocycles. The highest BCUT2D eigenvalue weighted by atomic mass is 16.5. The van der Waals surface area contributed by atoms with E-state index in [1.54, 1.807) is 12.1 Å². The number of nitrogens with zero attached hydrogens (tertiary/aromatic N) is 1. The van der Waals surface area contributed by atoms with Gasteiger partial charge in [0.25, 0.3) is 0 Å². The van der Waals surface area contributed by atoms with Crippen molar-refractivity contribution in [2.24, 2.45) is 0 Å². The molecule has 21 heavy (non-hydrogen) atoms. The lowest BCUT2D eigenvalue weighted by atomic mass is 10.1. The summed E-state index contributed by atoms with van der Waals surface area (Å²) in [6, 6.07) is 9.04. The SMILES string of the molecule is CCOC(C)(C)CNc1cc(C(=O)O)nc2ccccc12. The quantitative estimate of drug-likeness (QED) is 0.854. The van der Waals surface area contributed by atoms with Gasteiger partial charge in [-0.3, -0.25) is 0 Å². The fraction of sp³-hybridized carbons (Fsp3) is 0.375. The number of hydrogen-bond acceptors (Lipinski definition) is 4. The molecule has 0 fully saturated rings. The van der Waals surface area contributed by atoms with Crippen LogP contribution in [0.2, 0.25) is 0 Å². The molecular formula is C16H20N2O3. The molecule has 0 aliphatic rings. The Morgan fingerprint density at radius 1 is 1.38 bits per heavy atom. The van der Waals surface area contributed by atoms with Crippen molar-refractivity contribution in [3.8, 4) is 0 Å². The van der Waals surface area contributed by atoms with Crippen LogP contribution in [0.4, 0.5) is 5.69 Å². The third kappa shape index (κ3) is 3.70. The van der Waals surface area contributed by atoms with Crippen LogP contribution in [0.1, 0.15) is 31.3 Å². The highest BCUT2D eigenvalue weighted by Crippen LogP contribution is 2.24. The molecule has 112 valence electrons. The first-order valence-electron chi connectivity index (χ1n) is 6.94. The first-order chi connectivity index (χ1) is 9.93. The van der Waals surface area contributed by atoms with Gasteiger partial charge >= 0.3 is 5.97 Å². The minimum absolute atomic E-state index is 0.0328. The highest BCUT2D eigenvalue weighted by Gasteiger charge is 2.18. The van der Waals surface area contributed by atoms with Crippen LogP contribution in [0.5, 0.6) is 0 Å². The van der Waals surface area contributed by atoms with Gasteiger partial charge in [0.05, 0.1) is 11.1 Å². The molecule has 0 amide bonds. The summed E-state index contributed by atoms with van der Waals surface area (Å²) in [6.45, 7) is 7.14. The smallest absolute Gasteiger partial charge is 0.354 e. The zero-order valence-electron chi connectivity index (χ0n) is 12.5. The molecule has 0 aliphatic heterocycles. The van der Waals surface area contributed by atoms with E-state index in [-0.39, 0.29) is 11.3 Å². The van der Waals surface area contributed by atoms with E-state index >= 15 is 0 Å². The maximum Gasteiger partial charge on any atom is 0.354 e. The van der Waals surface area contributed by atoms with Gasteiger partial charge in [0.15, 0.2) is 5.69 Å². The molecule has 0 atom stereocenters. The zero-order valence-corrected chi connectivity index (χ0v) is 12.5. The Hall–Kier alpha value is -2.14. The summed E-state index contributed by atoms with van der Waals surface area (Å²) in [4.78, 5) is 15.3. The van der Waals surface area contributed by atoms with E-state index in [9.17, 15) is 4.79 Å². The molecule has 0 bridgehead atoms. The summed E-state index contributed by atoms with van der Waals surface area (Å²) in [7, 11) is 0. The molecule has 2 N–H and O–H groups in total. The van der Waals surface area contributed by atoms with Gasteiger partial charge in [-0.15, -0.1) is 0 Å². The van der Waals surface area contributed by atoms with Crippen molar-refractivity contribution in [3.05, 3.63) is 36.0 Å². The molecule has 2 aromatic rings. The normalized spacial score (nSPS) is 11.6. The molecule has 0 unspecified atom stereocenters. The standard InChI is InChI=1S/C16H20N2O3/c1-4-21-16(2,3)10-17-13-9-14(15(19)20)18-12-8-6-5-7-11(12)13/h5-9H,4,10H2,1-3H3,(H,17,18)(H,19,20). The Morgan fingerprint density at radius 3 is 2.76 bits per heavy atom. The number of carbonyl (C=O) groups is 1. The van der Waals surface area contributed by atoms with E-state index in [0.717, 1.165) is 11.1 Å². The largest absolute Gasteiger partial charge is 0.477 e. The second-order valence-electron chi connectivity index (χ2n) is 5.42. The number of aromatic nitrogens is 1. The number of nitrogens with one attached hydrogen (secondary N) is 1. The monoisotopic (exact) mass is 288 g/mol. The topological polar surface area (TPSA) is 71.5 Å². The molecule has 0 saturated carbocycles. The number of benzene rings is 1. The van der Waals surface area contributed by atoms with Gasteiger partial charge in [-0.25, -0.2) is 9.78 Å². The van der Waals surface area contributed by atoms with E-state index < -0.39 is 5.97 Å². The first-order valence-corrected chi connectivity index (χ1v) is 6.94. The summed E-state index contributed by atoms with van der Waals surface area (Å²) < 4.78 is 5.65. The van der Waals surface area contributed by atoms with E-state index in [1.807, 2.05) is 39.0 Å². The second-order valence-corrected chi connectivity index (χ2v) is 5.42. The van der Waals surface area contributed by atoms with E-state index in [2.05, 4.69) is 10.3 Å². The van der Waals surface area contributed by atoms with Gasteiger partial charge < -0.3 is 15.2 Å². The number of ether oxygens (including phenoxy) is 1. The summed E-state index contributed by atoms with van der Waals surface area (Å²) in [5.41, 5.74) is 1.12.